The molecule has 2 aromatic rings. The van der Waals surface area contributed by atoms with Gasteiger partial charge in [0.15, 0.2) is 17.5 Å². The number of aromatic hydroxyl groups is 1. The van der Waals surface area contributed by atoms with Crippen LogP contribution in [0.4, 0.5) is 13.2 Å². The molecule has 0 bridgehead atoms. The second kappa shape index (κ2) is 6.81. The van der Waals surface area contributed by atoms with E-state index in [1.165, 1.54) is 6.07 Å². The van der Waals surface area contributed by atoms with Crippen molar-refractivity contribution in [3.8, 4) is 5.75 Å². The predicted molar refractivity (Wildman–Crippen MR) is 75.8 cm³/mol. The molecule has 0 radical (unpaired) electrons. The first kappa shape index (κ1) is 16.3. The molecule has 0 aliphatic carbocycles. The normalized spacial score (nSPS) is 12.4. The minimum atomic E-state index is -1.54. The first-order valence-corrected chi connectivity index (χ1v) is 6.69. The molecule has 0 aliphatic heterocycles. The van der Waals surface area contributed by atoms with E-state index in [1.54, 1.807) is 12.1 Å². The van der Waals surface area contributed by atoms with Crippen molar-refractivity contribution >= 4 is 0 Å². The Morgan fingerprint density at radius 2 is 1.73 bits per heavy atom. The fourth-order valence-electron chi connectivity index (χ4n) is 2.15. The van der Waals surface area contributed by atoms with E-state index in [1.807, 2.05) is 6.92 Å². The number of halogens is 3. The van der Waals surface area contributed by atoms with Crippen molar-refractivity contribution < 1.29 is 23.4 Å². The fourth-order valence-corrected chi connectivity index (χ4v) is 2.15. The minimum absolute atomic E-state index is 0.0752. The van der Waals surface area contributed by atoms with Gasteiger partial charge in [0.25, 0.3) is 0 Å². The average molecular weight is 311 g/mol. The van der Waals surface area contributed by atoms with Gasteiger partial charge in [0, 0.05) is 12.1 Å². The summed E-state index contributed by atoms with van der Waals surface area (Å²) in [6, 6.07) is 5.92. The highest BCUT2D eigenvalue weighted by molar-refractivity contribution is 5.35. The number of nitrogens with one attached hydrogen (secondary N) is 1. The van der Waals surface area contributed by atoms with Gasteiger partial charge >= 0.3 is 0 Å². The van der Waals surface area contributed by atoms with Gasteiger partial charge in [-0.3, -0.25) is 0 Å². The van der Waals surface area contributed by atoms with Gasteiger partial charge in [0.05, 0.1) is 12.6 Å². The van der Waals surface area contributed by atoms with Crippen molar-refractivity contribution in [1.29, 1.82) is 0 Å². The molecule has 0 amide bonds. The van der Waals surface area contributed by atoms with Crippen LogP contribution in [0.3, 0.4) is 0 Å². The molecule has 6 heteroatoms. The number of benzene rings is 2. The number of phenols is 1. The van der Waals surface area contributed by atoms with Gasteiger partial charge in [-0.1, -0.05) is 17.7 Å². The summed E-state index contributed by atoms with van der Waals surface area (Å²) in [6.45, 7) is 1.60. The van der Waals surface area contributed by atoms with Crippen LogP contribution in [-0.2, 0) is 6.54 Å². The van der Waals surface area contributed by atoms with E-state index < -0.39 is 30.1 Å². The molecule has 3 nitrogen and oxygen atoms in total. The number of aliphatic hydroxyl groups excluding tert-OH is 1. The average Bonchev–Trinajstić information content (AvgIpc) is 2.48. The molecule has 0 aromatic heterocycles. The van der Waals surface area contributed by atoms with Crippen molar-refractivity contribution in [3.05, 3.63) is 64.5 Å². The maximum absolute atomic E-state index is 13.3. The Hall–Kier alpha value is -2.05. The van der Waals surface area contributed by atoms with Crippen molar-refractivity contribution in [2.24, 2.45) is 0 Å². The summed E-state index contributed by atoms with van der Waals surface area (Å²) in [5.74, 6) is -4.09. The van der Waals surface area contributed by atoms with Crippen molar-refractivity contribution in [2.45, 2.75) is 19.5 Å². The smallest absolute Gasteiger partial charge is 0.194 e. The van der Waals surface area contributed by atoms with Crippen LogP contribution >= 0.6 is 0 Å². The Morgan fingerprint density at radius 3 is 2.32 bits per heavy atom. The number of rotatable bonds is 5. The molecule has 2 aromatic carbocycles. The fraction of sp³-hybridized carbons (Fsp3) is 0.250. The van der Waals surface area contributed by atoms with Crippen LogP contribution in [0.1, 0.15) is 22.7 Å². The Labute approximate surface area is 126 Å². The van der Waals surface area contributed by atoms with Gasteiger partial charge in [0.1, 0.15) is 5.75 Å². The molecule has 0 heterocycles. The first-order valence-electron chi connectivity index (χ1n) is 6.69. The van der Waals surface area contributed by atoms with Crippen LogP contribution in [0.5, 0.6) is 5.75 Å². The SMILES string of the molecule is Cc1ccc(O)c(CNC(CO)c2cc(F)c(F)c(F)c2)c1. The maximum Gasteiger partial charge on any atom is 0.194 e. The topological polar surface area (TPSA) is 52.5 Å². The van der Waals surface area contributed by atoms with Gasteiger partial charge in [-0.25, -0.2) is 13.2 Å². The standard InChI is InChI=1S/C16H16F3NO2/c1-9-2-3-15(22)11(4-9)7-20-14(8-21)10-5-12(17)16(19)13(18)6-10/h2-6,14,20-22H,7-8H2,1H3. The summed E-state index contributed by atoms with van der Waals surface area (Å²) in [7, 11) is 0. The quantitative estimate of drug-likeness (QED) is 0.744. The Kier molecular flexibility index (Phi) is 5.05. The summed E-state index contributed by atoms with van der Waals surface area (Å²) >= 11 is 0. The molecule has 118 valence electrons. The van der Waals surface area contributed by atoms with Crippen LogP contribution in [0, 0.1) is 24.4 Å². The third-order valence-electron chi connectivity index (χ3n) is 3.36. The lowest BCUT2D eigenvalue weighted by Gasteiger charge is -2.18. The second-order valence-corrected chi connectivity index (χ2v) is 5.05. The molecular formula is C16H16F3NO2. The second-order valence-electron chi connectivity index (χ2n) is 5.05. The molecule has 0 aliphatic rings. The molecule has 1 unspecified atom stereocenters. The molecule has 1 atom stereocenters. The zero-order valence-electron chi connectivity index (χ0n) is 11.9. The summed E-state index contributed by atoms with van der Waals surface area (Å²) in [4.78, 5) is 0. The van der Waals surface area contributed by atoms with E-state index in [-0.39, 0.29) is 17.9 Å². The lowest BCUT2D eigenvalue weighted by Crippen LogP contribution is -2.24. The zero-order chi connectivity index (χ0) is 16.3. The van der Waals surface area contributed by atoms with Gasteiger partial charge in [-0.2, -0.15) is 0 Å². The van der Waals surface area contributed by atoms with Crippen LogP contribution in [0.15, 0.2) is 30.3 Å². The van der Waals surface area contributed by atoms with Gasteiger partial charge in [-0.15, -0.1) is 0 Å². The lowest BCUT2D eigenvalue weighted by molar-refractivity contribution is 0.242. The molecule has 22 heavy (non-hydrogen) atoms. The molecule has 3 N–H and O–H groups in total. The van der Waals surface area contributed by atoms with Crippen LogP contribution in [0.2, 0.25) is 0 Å². The van der Waals surface area contributed by atoms with E-state index in [9.17, 15) is 23.4 Å². The van der Waals surface area contributed by atoms with Crippen LogP contribution in [0.25, 0.3) is 0 Å². The number of aryl methyl sites for hydroxylation is 1. The summed E-state index contributed by atoms with van der Waals surface area (Å²) in [6.07, 6.45) is 0. The predicted octanol–water partition coefficient (Wildman–Crippen LogP) is 2.94. The number of aliphatic hydroxyl groups is 1. The monoisotopic (exact) mass is 311 g/mol. The summed E-state index contributed by atoms with van der Waals surface area (Å²) in [5, 5.41) is 22.0. The van der Waals surface area contributed by atoms with Crippen LogP contribution in [-0.4, -0.2) is 16.8 Å². The highest BCUT2D eigenvalue weighted by atomic mass is 19.2. The van der Waals surface area contributed by atoms with E-state index in [0.717, 1.165) is 17.7 Å². The highest BCUT2D eigenvalue weighted by Crippen LogP contribution is 2.22. The van der Waals surface area contributed by atoms with E-state index in [0.29, 0.717) is 5.56 Å². The van der Waals surface area contributed by atoms with E-state index >= 15 is 0 Å². The van der Waals surface area contributed by atoms with Crippen LogP contribution < -0.4 is 5.32 Å². The lowest BCUT2D eigenvalue weighted by atomic mass is 10.1. The maximum atomic E-state index is 13.3. The zero-order valence-corrected chi connectivity index (χ0v) is 11.9. The third kappa shape index (κ3) is 3.58. The minimum Gasteiger partial charge on any atom is -0.508 e. The van der Waals surface area contributed by atoms with Crippen molar-refractivity contribution in [1.82, 2.24) is 5.32 Å². The number of hydrogen-bond acceptors (Lipinski definition) is 3. The Balaban J connectivity index is 2.17. The van der Waals surface area contributed by atoms with Crippen molar-refractivity contribution in [3.63, 3.8) is 0 Å². The van der Waals surface area contributed by atoms with Gasteiger partial charge < -0.3 is 15.5 Å². The number of hydrogen-bond donors (Lipinski definition) is 3. The summed E-state index contributed by atoms with van der Waals surface area (Å²) in [5.41, 5.74) is 1.61. The molecular weight excluding hydrogens is 295 g/mol. The molecule has 0 saturated carbocycles. The first-order chi connectivity index (χ1) is 10.4. The van der Waals surface area contributed by atoms with E-state index in [4.69, 9.17) is 0 Å². The van der Waals surface area contributed by atoms with Gasteiger partial charge in [0.2, 0.25) is 0 Å². The highest BCUT2D eigenvalue weighted by Gasteiger charge is 2.17. The molecule has 0 spiro atoms. The summed E-state index contributed by atoms with van der Waals surface area (Å²) < 4.78 is 39.5. The molecule has 0 fully saturated rings. The Bertz CT molecular complexity index is 653. The number of phenolic OH excluding ortho intramolecular Hbond substituents is 1. The largest absolute Gasteiger partial charge is 0.508 e. The Morgan fingerprint density at radius 1 is 1.09 bits per heavy atom. The van der Waals surface area contributed by atoms with Gasteiger partial charge in [-0.05, 0) is 30.7 Å². The molecule has 2 rings (SSSR count). The van der Waals surface area contributed by atoms with E-state index in [2.05, 4.69) is 5.32 Å². The van der Waals surface area contributed by atoms with Crippen molar-refractivity contribution in [2.75, 3.05) is 6.61 Å². The molecule has 0 saturated heterocycles. The third-order valence-corrected chi connectivity index (χ3v) is 3.36.